The minimum Gasteiger partial charge on any atom is -0.503 e. The van der Waals surface area contributed by atoms with Gasteiger partial charge in [0.15, 0.2) is 11.5 Å². The third-order valence-electron chi connectivity index (χ3n) is 8.91. The number of anilines is 1. The lowest BCUT2D eigenvalue weighted by atomic mass is 10.0. The maximum absolute atomic E-state index is 13.4. The summed E-state index contributed by atoms with van der Waals surface area (Å²) in [6.45, 7) is 5.50. The molecule has 2 aromatic carbocycles. The van der Waals surface area contributed by atoms with E-state index < -0.39 is 11.8 Å². The fraction of sp³-hybridized carbons (Fsp3) is 0.625. The molecule has 0 spiro atoms. The lowest BCUT2D eigenvalue weighted by Gasteiger charge is -2.14. The molecule has 49 heavy (non-hydrogen) atoms. The molecule has 0 aliphatic carbocycles. The van der Waals surface area contributed by atoms with Crippen molar-refractivity contribution in [2.45, 2.75) is 142 Å². The number of rotatable bonds is 27. The zero-order valence-corrected chi connectivity index (χ0v) is 31.2. The van der Waals surface area contributed by atoms with Crippen LogP contribution in [0.4, 0.5) is 5.69 Å². The Morgan fingerprint density at radius 2 is 1.08 bits per heavy atom. The number of amides is 3. The van der Waals surface area contributed by atoms with E-state index in [9.17, 15) is 19.5 Å². The molecule has 2 aromatic rings. The number of aromatic hydroxyl groups is 1. The highest BCUT2D eigenvalue weighted by Gasteiger charge is 2.21. The van der Waals surface area contributed by atoms with Gasteiger partial charge in [0, 0.05) is 30.4 Å². The largest absolute Gasteiger partial charge is 0.503 e. The van der Waals surface area contributed by atoms with E-state index in [2.05, 4.69) is 29.8 Å². The van der Waals surface area contributed by atoms with Gasteiger partial charge >= 0.3 is 0 Å². The standard InChI is InChI=1S/C40H62ClN3O5/c1-4-6-8-10-12-14-16-18-20-22-26-42-38(46)31-24-25-33(40(48)44-32-29-35(41)37(45)36(30-32)49-3)34(28-31)39(47)43-27-23-21-19-17-15-13-11-9-7-5-2/h24-25,28-30,45H,4-23,26-27H2,1-3H3,(H,42,46)(H,43,47)(H,44,48). The van der Waals surface area contributed by atoms with Crippen molar-refractivity contribution in [1.82, 2.24) is 10.6 Å². The van der Waals surface area contributed by atoms with E-state index in [-0.39, 0.29) is 33.6 Å². The summed E-state index contributed by atoms with van der Waals surface area (Å²) in [6, 6.07) is 7.39. The molecule has 3 amide bonds. The molecule has 0 fully saturated rings. The highest BCUT2D eigenvalue weighted by Crippen LogP contribution is 2.37. The Morgan fingerprint density at radius 3 is 1.57 bits per heavy atom. The Labute approximate surface area is 300 Å². The van der Waals surface area contributed by atoms with Crippen LogP contribution in [0.2, 0.25) is 5.02 Å². The molecule has 0 aliphatic heterocycles. The van der Waals surface area contributed by atoms with Crippen molar-refractivity contribution >= 4 is 35.0 Å². The van der Waals surface area contributed by atoms with Crippen LogP contribution in [0.3, 0.4) is 0 Å². The topological polar surface area (TPSA) is 117 Å². The van der Waals surface area contributed by atoms with Crippen LogP contribution < -0.4 is 20.7 Å². The van der Waals surface area contributed by atoms with Crippen LogP contribution in [0.25, 0.3) is 0 Å². The highest BCUT2D eigenvalue weighted by atomic mass is 35.5. The van der Waals surface area contributed by atoms with Gasteiger partial charge in [-0.2, -0.15) is 0 Å². The molecule has 0 aliphatic rings. The Hall–Kier alpha value is -3.26. The Morgan fingerprint density at radius 1 is 0.612 bits per heavy atom. The first-order valence-electron chi connectivity index (χ1n) is 18.9. The van der Waals surface area contributed by atoms with E-state index in [1.807, 2.05) is 0 Å². The summed E-state index contributed by atoms with van der Waals surface area (Å²) in [5.74, 6) is -1.37. The third kappa shape index (κ3) is 16.8. The van der Waals surface area contributed by atoms with Crippen molar-refractivity contribution in [2.24, 2.45) is 0 Å². The third-order valence-corrected chi connectivity index (χ3v) is 9.20. The minimum atomic E-state index is -0.551. The van der Waals surface area contributed by atoms with Crippen molar-refractivity contribution in [1.29, 1.82) is 0 Å². The molecule has 0 heterocycles. The van der Waals surface area contributed by atoms with Crippen molar-refractivity contribution in [3.8, 4) is 11.5 Å². The Bertz CT molecular complexity index is 1270. The molecule has 0 saturated carbocycles. The van der Waals surface area contributed by atoms with Crippen LogP contribution >= 0.6 is 11.6 Å². The minimum absolute atomic E-state index is 0.0125. The van der Waals surface area contributed by atoms with Crippen LogP contribution in [-0.4, -0.2) is 43.0 Å². The molecule has 4 N–H and O–H groups in total. The lowest BCUT2D eigenvalue weighted by Crippen LogP contribution is -2.29. The van der Waals surface area contributed by atoms with Gasteiger partial charge < -0.3 is 25.8 Å². The van der Waals surface area contributed by atoms with E-state index >= 15 is 0 Å². The van der Waals surface area contributed by atoms with E-state index in [4.69, 9.17) is 16.3 Å². The van der Waals surface area contributed by atoms with Crippen molar-refractivity contribution in [3.05, 3.63) is 52.0 Å². The zero-order chi connectivity index (χ0) is 35.7. The predicted molar refractivity (Wildman–Crippen MR) is 202 cm³/mol. The molecular formula is C40H62ClN3O5. The van der Waals surface area contributed by atoms with Crippen LogP contribution in [0.5, 0.6) is 11.5 Å². The number of unbranched alkanes of at least 4 members (excludes halogenated alkanes) is 18. The van der Waals surface area contributed by atoms with Crippen LogP contribution in [-0.2, 0) is 0 Å². The average molecular weight is 700 g/mol. The maximum atomic E-state index is 13.4. The maximum Gasteiger partial charge on any atom is 0.256 e. The van der Waals surface area contributed by atoms with Gasteiger partial charge in [-0.15, -0.1) is 0 Å². The van der Waals surface area contributed by atoms with Gasteiger partial charge in [-0.1, -0.05) is 141 Å². The molecule has 0 aromatic heterocycles. The highest BCUT2D eigenvalue weighted by molar-refractivity contribution is 6.32. The SMILES string of the molecule is CCCCCCCCCCCCNC(=O)c1ccc(C(=O)Nc2cc(Cl)c(O)c(OC)c2)c(C(=O)NCCCCCCCCCCCC)c1. The summed E-state index contributed by atoms with van der Waals surface area (Å²) >= 11 is 6.12. The summed E-state index contributed by atoms with van der Waals surface area (Å²) in [6.07, 6.45) is 24.1. The summed E-state index contributed by atoms with van der Waals surface area (Å²) in [7, 11) is 1.38. The normalized spacial score (nSPS) is 10.9. The first-order valence-corrected chi connectivity index (χ1v) is 19.3. The second-order valence-electron chi connectivity index (χ2n) is 13.1. The molecule has 0 bridgehead atoms. The average Bonchev–Trinajstić information content (AvgIpc) is 3.10. The molecule has 0 saturated heterocycles. The molecule has 8 nitrogen and oxygen atoms in total. The van der Waals surface area contributed by atoms with E-state index in [1.54, 1.807) is 6.07 Å². The second-order valence-corrected chi connectivity index (χ2v) is 13.5. The summed E-state index contributed by atoms with van der Waals surface area (Å²) in [5.41, 5.74) is 0.852. The smallest absolute Gasteiger partial charge is 0.256 e. The van der Waals surface area contributed by atoms with Gasteiger partial charge in [0.1, 0.15) is 0 Å². The number of carbonyl (C=O) groups is 3. The van der Waals surface area contributed by atoms with Gasteiger partial charge in [-0.25, -0.2) is 0 Å². The van der Waals surface area contributed by atoms with E-state index in [0.717, 1.165) is 38.5 Å². The second kappa shape index (κ2) is 25.7. The first kappa shape index (κ1) is 41.9. The monoisotopic (exact) mass is 699 g/mol. The predicted octanol–water partition coefficient (Wildman–Crippen LogP) is 10.6. The molecular weight excluding hydrogens is 638 g/mol. The Kier molecular flexibility index (Phi) is 22.0. The molecule has 0 unspecified atom stereocenters. The number of nitrogens with one attached hydrogen (secondary N) is 3. The number of hydrogen-bond donors (Lipinski definition) is 4. The number of hydrogen-bond acceptors (Lipinski definition) is 5. The number of methoxy groups -OCH3 is 1. The summed E-state index contributed by atoms with van der Waals surface area (Å²) < 4.78 is 5.15. The van der Waals surface area contributed by atoms with Crippen LogP contribution in [0, 0.1) is 0 Å². The summed E-state index contributed by atoms with van der Waals surface area (Å²) in [4.78, 5) is 39.9. The quantitative estimate of drug-likeness (QED) is 0.0547. The molecule has 274 valence electrons. The number of halogens is 1. The first-order chi connectivity index (χ1) is 23.8. The van der Waals surface area contributed by atoms with Gasteiger partial charge in [0.25, 0.3) is 17.7 Å². The zero-order valence-electron chi connectivity index (χ0n) is 30.4. The number of benzene rings is 2. The van der Waals surface area contributed by atoms with Gasteiger partial charge in [0.05, 0.1) is 23.3 Å². The lowest BCUT2D eigenvalue weighted by molar-refractivity contribution is 0.0938. The van der Waals surface area contributed by atoms with Crippen LogP contribution in [0.1, 0.15) is 173 Å². The number of carbonyl (C=O) groups excluding carboxylic acids is 3. The van der Waals surface area contributed by atoms with Gasteiger partial charge in [-0.05, 0) is 37.1 Å². The molecule has 2 rings (SSSR count). The number of phenolic OH excluding ortho intramolecular Hbond substituents is 1. The van der Waals surface area contributed by atoms with E-state index in [1.165, 1.54) is 121 Å². The van der Waals surface area contributed by atoms with Gasteiger partial charge in [-0.3, -0.25) is 14.4 Å². The summed E-state index contributed by atoms with van der Waals surface area (Å²) in [5, 5.41) is 18.7. The van der Waals surface area contributed by atoms with Gasteiger partial charge in [0.2, 0.25) is 0 Å². The van der Waals surface area contributed by atoms with Crippen molar-refractivity contribution < 1.29 is 24.2 Å². The Balaban J connectivity index is 1.97. The number of phenols is 1. The number of ether oxygens (including phenoxy) is 1. The molecule has 0 radical (unpaired) electrons. The fourth-order valence-corrected chi connectivity index (χ4v) is 6.11. The van der Waals surface area contributed by atoms with Crippen molar-refractivity contribution in [3.63, 3.8) is 0 Å². The fourth-order valence-electron chi connectivity index (χ4n) is 5.90. The van der Waals surface area contributed by atoms with E-state index in [0.29, 0.717) is 24.3 Å². The molecule has 9 heteroatoms. The van der Waals surface area contributed by atoms with Crippen LogP contribution in [0.15, 0.2) is 30.3 Å². The van der Waals surface area contributed by atoms with Crippen molar-refractivity contribution in [2.75, 3.05) is 25.5 Å². The molecule has 0 atom stereocenters.